The normalized spacial score (nSPS) is 23.4. The molecule has 1 fully saturated rings. The van der Waals surface area contributed by atoms with Crippen molar-refractivity contribution in [3.8, 4) is 0 Å². The maximum Gasteiger partial charge on any atom is 0.237 e. The number of carbonyl (C=O) groups is 1. The van der Waals surface area contributed by atoms with Gasteiger partial charge >= 0.3 is 0 Å². The van der Waals surface area contributed by atoms with Crippen LogP contribution in [0.5, 0.6) is 0 Å². The van der Waals surface area contributed by atoms with Crippen molar-refractivity contribution in [2.45, 2.75) is 45.2 Å². The van der Waals surface area contributed by atoms with Crippen LogP contribution in [0.2, 0.25) is 0 Å². The Bertz CT molecular complexity index is 158. The van der Waals surface area contributed by atoms with Gasteiger partial charge in [-0.2, -0.15) is 0 Å². The molecule has 2 N–H and O–H groups in total. The van der Waals surface area contributed by atoms with Gasteiger partial charge in [-0.25, -0.2) is 0 Å². The van der Waals surface area contributed by atoms with Crippen LogP contribution in [0, 0.1) is 0 Å². The summed E-state index contributed by atoms with van der Waals surface area (Å²) in [5.41, 5.74) is 0. The van der Waals surface area contributed by atoms with E-state index in [1.165, 1.54) is 0 Å². The predicted octanol–water partition coefficient (Wildman–Crippen LogP) is 1.07. The number of hydrogen-bond donors (Lipinski definition) is 2. The van der Waals surface area contributed by atoms with Crippen LogP contribution in [0.4, 0.5) is 0 Å². The number of nitrogens with one attached hydrogen (secondary N) is 2. The molecule has 0 aromatic carbocycles. The van der Waals surface area contributed by atoms with E-state index in [0.717, 1.165) is 25.8 Å². The summed E-state index contributed by atoms with van der Waals surface area (Å²) >= 11 is 0. The fraction of sp³-hybridized carbons (Fsp3) is 0.889. The molecule has 1 saturated heterocycles. The Morgan fingerprint density at radius 3 is 2.85 bits per heavy atom. The summed E-state index contributed by atoms with van der Waals surface area (Å²) in [6.45, 7) is 5.10. The van der Waals surface area contributed by atoms with E-state index in [2.05, 4.69) is 17.6 Å². The minimum absolute atomic E-state index is 0. The molecule has 0 saturated carbocycles. The highest BCUT2D eigenvalue weighted by Gasteiger charge is 2.22. The van der Waals surface area contributed by atoms with Crippen molar-refractivity contribution >= 4 is 18.3 Å². The van der Waals surface area contributed by atoms with Crippen LogP contribution in [0.15, 0.2) is 0 Å². The first-order valence-corrected chi connectivity index (χ1v) is 4.77. The highest BCUT2D eigenvalue weighted by atomic mass is 35.5. The van der Waals surface area contributed by atoms with Crippen LogP contribution >= 0.6 is 12.4 Å². The minimum Gasteiger partial charge on any atom is -0.352 e. The molecule has 0 radical (unpaired) electrons. The van der Waals surface area contributed by atoms with Crippen molar-refractivity contribution in [1.29, 1.82) is 0 Å². The second-order valence-corrected chi connectivity index (χ2v) is 3.47. The molecule has 1 aliphatic rings. The maximum atomic E-state index is 11.4. The zero-order chi connectivity index (χ0) is 8.97. The van der Waals surface area contributed by atoms with Gasteiger partial charge in [0.2, 0.25) is 5.91 Å². The number of halogens is 1. The lowest BCUT2D eigenvalue weighted by molar-refractivity contribution is -0.123. The van der Waals surface area contributed by atoms with Crippen LogP contribution in [0.1, 0.15) is 33.1 Å². The van der Waals surface area contributed by atoms with E-state index >= 15 is 0 Å². The van der Waals surface area contributed by atoms with Gasteiger partial charge in [0.05, 0.1) is 6.04 Å². The highest BCUT2D eigenvalue weighted by Crippen LogP contribution is 2.05. The van der Waals surface area contributed by atoms with E-state index < -0.39 is 0 Å². The summed E-state index contributed by atoms with van der Waals surface area (Å²) in [7, 11) is 0. The van der Waals surface area contributed by atoms with Gasteiger partial charge in [-0.15, -0.1) is 12.4 Å². The molecule has 0 spiro atoms. The van der Waals surface area contributed by atoms with E-state index in [4.69, 9.17) is 0 Å². The Morgan fingerprint density at radius 2 is 2.38 bits per heavy atom. The van der Waals surface area contributed by atoms with Crippen LogP contribution in [0.3, 0.4) is 0 Å². The van der Waals surface area contributed by atoms with Crippen molar-refractivity contribution in [3.05, 3.63) is 0 Å². The lowest BCUT2D eigenvalue weighted by Crippen LogP contribution is -2.43. The fourth-order valence-corrected chi connectivity index (χ4v) is 1.35. The second kappa shape index (κ2) is 6.22. The summed E-state index contributed by atoms with van der Waals surface area (Å²) in [5, 5.41) is 6.14. The lowest BCUT2D eigenvalue weighted by atomic mass is 10.2. The van der Waals surface area contributed by atoms with Gasteiger partial charge in [0.25, 0.3) is 0 Å². The van der Waals surface area contributed by atoms with Gasteiger partial charge in [-0.05, 0) is 32.7 Å². The molecule has 2 unspecified atom stereocenters. The van der Waals surface area contributed by atoms with Crippen molar-refractivity contribution in [2.75, 3.05) is 6.54 Å². The first kappa shape index (κ1) is 12.7. The monoisotopic (exact) mass is 206 g/mol. The molecule has 1 rings (SSSR count). The van der Waals surface area contributed by atoms with Crippen LogP contribution in [-0.4, -0.2) is 24.5 Å². The summed E-state index contributed by atoms with van der Waals surface area (Å²) in [6.07, 6.45) is 3.11. The molecular formula is C9H19ClN2O. The summed E-state index contributed by atoms with van der Waals surface area (Å²) in [4.78, 5) is 11.4. The summed E-state index contributed by atoms with van der Waals surface area (Å²) in [5.74, 6) is 0.168. The topological polar surface area (TPSA) is 41.1 Å². The molecule has 0 aliphatic carbocycles. The molecule has 0 aromatic rings. The molecule has 1 heterocycles. The molecule has 1 amide bonds. The summed E-state index contributed by atoms with van der Waals surface area (Å²) in [6, 6.07) is 0.374. The minimum atomic E-state index is 0. The SMILES string of the molecule is CCC(C)NC(=O)C1CCCN1.Cl. The van der Waals surface area contributed by atoms with E-state index in [0.29, 0.717) is 6.04 Å². The lowest BCUT2D eigenvalue weighted by Gasteiger charge is -2.15. The number of carbonyl (C=O) groups excluding carboxylic acids is 1. The molecule has 0 aromatic heterocycles. The third-order valence-corrected chi connectivity index (χ3v) is 2.38. The molecule has 2 atom stereocenters. The second-order valence-electron chi connectivity index (χ2n) is 3.47. The standard InChI is InChI=1S/C9H18N2O.ClH/c1-3-7(2)11-9(12)8-5-4-6-10-8;/h7-8,10H,3-6H2,1-2H3,(H,11,12);1H. The van der Waals surface area contributed by atoms with Gasteiger partial charge < -0.3 is 10.6 Å². The van der Waals surface area contributed by atoms with Crippen LogP contribution in [0.25, 0.3) is 0 Å². The largest absolute Gasteiger partial charge is 0.352 e. The summed E-state index contributed by atoms with van der Waals surface area (Å²) < 4.78 is 0. The molecule has 3 nitrogen and oxygen atoms in total. The van der Waals surface area contributed by atoms with Crippen LogP contribution in [-0.2, 0) is 4.79 Å². The molecule has 0 bridgehead atoms. The highest BCUT2D eigenvalue weighted by molar-refractivity contribution is 5.85. The number of amides is 1. The van der Waals surface area contributed by atoms with E-state index in [-0.39, 0.29) is 24.4 Å². The molecule has 1 aliphatic heterocycles. The fourth-order valence-electron chi connectivity index (χ4n) is 1.35. The number of hydrogen-bond acceptors (Lipinski definition) is 2. The average Bonchev–Trinajstić information content (AvgIpc) is 2.56. The quantitative estimate of drug-likeness (QED) is 0.726. The van der Waals surface area contributed by atoms with E-state index in [1.54, 1.807) is 0 Å². The van der Waals surface area contributed by atoms with Crippen molar-refractivity contribution < 1.29 is 4.79 Å². The molecule has 13 heavy (non-hydrogen) atoms. The van der Waals surface area contributed by atoms with Gasteiger partial charge in [0.15, 0.2) is 0 Å². The Kier molecular flexibility index (Phi) is 6.08. The van der Waals surface area contributed by atoms with Gasteiger partial charge in [0, 0.05) is 6.04 Å². The maximum absolute atomic E-state index is 11.4. The zero-order valence-corrected chi connectivity index (χ0v) is 9.12. The Balaban J connectivity index is 0.00000144. The Hall–Kier alpha value is -0.280. The molecular weight excluding hydrogens is 188 g/mol. The number of rotatable bonds is 3. The molecule has 78 valence electrons. The average molecular weight is 207 g/mol. The first-order valence-electron chi connectivity index (χ1n) is 4.77. The first-order chi connectivity index (χ1) is 5.74. The smallest absolute Gasteiger partial charge is 0.237 e. The predicted molar refractivity (Wildman–Crippen MR) is 56.2 cm³/mol. The van der Waals surface area contributed by atoms with E-state index in [1.807, 2.05) is 6.92 Å². The Morgan fingerprint density at radius 1 is 1.69 bits per heavy atom. The van der Waals surface area contributed by atoms with Gasteiger partial charge in [-0.3, -0.25) is 4.79 Å². The van der Waals surface area contributed by atoms with Gasteiger partial charge in [0.1, 0.15) is 0 Å². The third kappa shape index (κ3) is 3.96. The van der Waals surface area contributed by atoms with Crippen molar-refractivity contribution in [2.24, 2.45) is 0 Å². The molecule has 4 heteroatoms. The zero-order valence-electron chi connectivity index (χ0n) is 8.30. The van der Waals surface area contributed by atoms with E-state index in [9.17, 15) is 4.79 Å². The third-order valence-electron chi connectivity index (χ3n) is 2.38. The van der Waals surface area contributed by atoms with Gasteiger partial charge in [-0.1, -0.05) is 6.92 Å². The Labute approximate surface area is 86.1 Å². The van der Waals surface area contributed by atoms with Crippen LogP contribution < -0.4 is 10.6 Å². The van der Waals surface area contributed by atoms with Crippen molar-refractivity contribution in [1.82, 2.24) is 10.6 Å². The van der Waals surface area contributed by atoms with Crippen molar-refractivity contribution in [3.63, 3.8) is 0 Å².